The number of fused-ring (bicyclic) bond motifs is 3. The predicted molar refractivity (Wildman–Crippen MR) is 107 cm³/mol. The van der Waals surface area contributed by atoms with E-state index in [1.54, 1.807) is 7.11 Å². The zero-order chi connectivity index (χ0) is 19.0. The maximum absolute atomic E-state index is 12.1. The minimum Gasteiger partial charge on any atom is -0.496 e. The lowest BCUT2D eigenvalue weighted by atomic mass is 9.93. The molecule has 140 valence electrons. The number of carbonyl (C=O) groups is 1. The Kier molecular flexibility index (Phi) is 4.83. The zero-order valence-electron chi connectivity index (χ0n) is 15.2. The van der Waals surface area contributed by atoms with E-state index in [9.17, 15) is 9.90 Å². The van der Waals surface area contributed by atoms with Crippen LogP contribution in [-0.2, 0) is 17.8 Å². The van der Waals surface area contributed by atoms with E-state index in [0.717, 1.165) is 47.0 Å². The molecule has 1 unspecified atom stereocenters. The fourth-order valence-electron chi connectivity index (χ4n) is 4.28. The van der Waals surface area contributed by atoms with Gasteiger partial charge in [-0.25, -0.2) is 0 Å². The van der Waals surface area contributed by atoms with E-state index in [1.807, 2.05) is 30.3 Å². The van der Waals surface area contributed by atoms with Crippen LogP contribution in [0.25, 0.3) is 10.9 Å². The van der Waals surface area contributed by atoms with Gasteiger partial charge in [-0.2, -0.15) is 0 Å². The second-order valence-corrected chi connectivity index (χ2v) is 7.45. The molecule has 4 nitrogen and oxygen atoms in total. The molecule has 0 bridgehead atoms. The molecule has 2 aromatic carbocycles. The van der Waals surface area contributed by atoms with E-state index in [2.05, 4.69) is 16.7 Å². The second kappa shape index (κ2) is 7.28. The number of carboxylic acid groups (broad SMARTS) is 1. The van der Waals surface area contributed by atoms with Crippen LogP contribution in [0.3, 0.4) is 0 Å². The molecule has 0 aliphatic heterocycles. The summed E-state index contributed by atoms with van der Waals surface area (Å²) in [6, 6.07) is 13.9. The van der Waals surface area contributed by atoms with Crippen LogP contribution in [0, 0.1) is 0 Å². The standard InChI is InChI=1S/C22H22ClNO3/c1-27-18-12-11-16(23)21-20(18)19-15(22(25)26)9-5-6-10-17(19)24(21)13-14-7-3-2-4-8-14/h2-4,7-8,11-12,15H,5-6,9-10,13H2,1H3,(H,25,26). The quantitative estimate of drug-likeness (QED) is 0.626. The van der Waals surface area contributed by atoms with Gasteiger partial charge in [-0.15, -0.1) is 0 Å². The Morgan fingerprint density at radius 2 is 2.00 bits per heavy atom. The molecule has 0 fully saturated rings. The van der Waals surface area contributed by atoms with Crippen molar-refractivity contribution in [3.8, 4) is 5.75 Å². The first kappa shape index (κ1) is 17.9. The first-order valence-electron chi connectivity index (χ1n) is 9.26. The Morgan fingerprint density at radius 3 is 2.70 bits per heavy atom. The Balaban J connectivity index is 2.05. The minimum absolute atomic E-state index is 0.533. The van der Waals surface area contributed by atoms with Gasteiger partial charge in [0.05, 0.1) is 23.6 Å². The molecular formula is C22H22ClNO3. The van der Waals surface area contributed by atoms with Crippen molar-refractivity contribution in [1.82, 2.24) is 4.57 Å². The predicted octanol–water partition coefficient (Wildman–Crippen LogP) is 5.25. The average Bonchev–Trinajstić information content (AvgIpc) is 2.84. The summed E-state index contributed by atoms with van der Waals surface area (Å²) in [6.07, 6.45) is 3.37. The molecule has 1 heterocycles. The van der Waals surface area contributed by atoms with Gasteiger partial charge < -0.3 is 14.4 Å². The van der Waals surface area contributed by atoms with E-state index in [1.165, 1.54) is 0 Å². The lowest BCUT2D eigenvalue weighted by Gasteiger charge is -2.13. The first-order valence-corrected chi connectivity index (χ1v) is 9.63. The van der Waals surface area contributed by atoms with Crippen LogP contribution in [0.15, 0.2) is 42.5 Å². The average molecular weight is 384 g/mol. The van der Waals surface area contributed by atoms with E-state index >= 15 is 0 Å². The number of carboxylic acids is 1. The van der Waals surface area contributed by atoms with Crippen LogP contribution < -0.4 is 4.74 Å². The topological polar surface area (TPSA) is 51.5 Å². The molecule has 0 saturated heterocycles. The van der Waals surface area contributed by atoms with E-state index < -0.39 is 11.9 Å². The van der Waals surface area contributed by atoms with Crippen LogP contribution in [-0.4, -0.2) is 22.8 Å². The number of nitrogens with zero attached hydrogens (tertiary/aromatic N) is 1. The summed E-state index contributed by atoms with van der Waals surface area (Å²) in [6.45, 7) is 0.659. The highest BCUT2D eigenvalue weighted by atomic mass is 35.5. The molecule has 27 heavy (non-hydrogen) atoms. The van der Waals surface area contributed by atoms with E-state index in [0.29, 0.717) is 23.7 Å². The lowest BCUT2D eigenvalue weighted by molar-refractivity contribution is -0.138. The third-order valence-electron chi connectivity index (χ3n) is 5.47. The van der Waals surface area contributed by atoms with Gasteiger partial charge in [0.2, 0.25) is 0 Å². The molecule has 1 aliphatic carbocycles. The number of aliphatic carboxylic acids is 1. The van der Waals surface area contributed by atoms with Gasteiger partial charge in [0.15, 0.2) is 0 Å². The van der Waals surface area contributed by atoms with Gasteiger partial charge in [0.1, 0.15) is 5.75 Å². The van der Waals surface area contributed by atoms with Crippen LogP contribution in [0.2, 0.25) is 5.02 Å². The van der Waals surface area contributed by atoms with Gasteiger partial charge in [-0.05, 0) is 42.5 Å². The fourth-order valence-corrected chi connectivity index (χ4v) is 4.54. The number of hydrogen-bond donors (Lipinski definition) is 1. The van der Waals surface area contributed by atoms with Gasteiger partial charge in [-0.1, -0.05) is 48.4 Å². The third kappa shape index (κ3) is 3.08. The van der Waals surface area contributed by atoms with Crippen LogP contribution in [0.1, 0.15) is 42.0 Å². The maximum atomic E-state index is 12.1. The summed E-state index contributed by atoms with van der Waals surface area (Å²) in [5.41, 5.74) is 3.99. The summed E-state index contributed by atoms with van der Waals surface area (Å²) in [5.74, 6) is -0.626. The van der Waals surface area contributed by atoms with Crippen molar-refractivity contribution in [3.05, 3.63) is 64.3 Å². The van der Waals surface area contributed by atoms with Crippen LogP contribution >= 0.6 is 11.6 Å². The molecule has 0 radical (unpaired) electrons. The van der Waals surface area contributed by atoms with Crippen LogP contribution in [0.5, 0.6) is 5.75 Å². The Morgan fingerprint density at radius 1 is 1.22 bits per heavy atom. The molecule has 0 spiro atoms. The molecule has 4 rings (SSSR count). The summed E-state index contributed by atoms with van der Waals surface area (Å²) in [5, 5.41) is 11.4. The number of halogens is 1. The number of rotatable bonds is 4. The SMILES string of the molecule is COc1ccc(Cl)c2c1c1c(n2Cc2ccccc2)CCCCC1C(=O)O. The normalized spacial score (nSPS) is 16.7. The fraction of sp³-hybridized carbons (Fsp3) is 0.318. The highest BCUT2D eigenvalue weighted by Crippen LogP contribution is 2.44. The van der Waals surface area contributed by atoms with Crippen LogP contribution in [0.4, 0.5) is 0 Å². The van der Waals surface area contributed by atoms with Crippen molar-refractivity contribution >= 4 is 28.5 Å². The number of methoxy groups -OCH3 is 1. The van der Waals surface area contributed by atoms with Crippen molar-refractivity contribution in [2.24, 2.45) is 0 Å². The molecule has 1 N–H and O–H groups in total. The number of hydrogen-bond acceptors (Lipinski definition) is 2. The molecule has 1 atom stereocenters. The van der Waals surface area contributed by atoms with Gasteiger partial charge in [-0.3, -0.25) is 4.79 Å². The first-order chi connectivity index (χ1) is 13.1. The summed E-state index contributed by atoms with van der Waals surface area (Å²) in [4.78, 5) is 12.1. The number of aromatic nitrogens is 1. The van der Waals surface area contributed by atoms with Crippen molar-refractivity contribution in [3.63, 3.8) is 0 Å². The van der Waals surface area contributed by atoms with Crippen molar-refractivity contribution in [2.75, 3.05) is 7.11 Å². The maximum Gasteiger partial charge on any atom is 0.311 e. The Bertz CT molecular complexity index is 994. The summed E-state index contributed by atoms with van der Waals surface area (Å²) < 4.78 is 7.82. The van der Waals surface area contributed by atoms with Gasteiger partial charge in [0, 0.05) is 17.6 Å². The molecule has 5 heteroatoms. The van der Waals surface area contributed by atoms with Crippen molar-refractivity contribution < 1.29 is 14.6 Å². The second-order valence-electron chi connectivity index (χ2n) is 7.04. The number of ether oxygens (including phenoxy) is 1. The van der Waals surface area contributed by atoms with E-state index in [-0.39, 0.29) is 0 Å². The van der Waals surface area contributed by atoms with Crippen molar-refractivity contribution in [1.29, 1.82) is 0 Å². The highest BCUT2D eigenvalue weighted by Gasteiger charge is 2.32. The number of benzene rings is 2. The largest absolute Gasteiger partial charge is 0.496 e. The molecule has 0 amide bonds. The van der Waals surface area contributed by atoms with E-state index in [4.69, 9.17) is 16.3 Å². The van der Waals surface area contributed by atoms with Gasteiger partial charge >= 0.3 is 5.97 Å². The molecule has 1 aliphatic rings. The Labute approximate surface area is 163 Å². The molecule has 1 aromatic heterocycles. The highest BCUT2D eigenvalue weighted by molar-refractivity contribution is 6.35. The molecule has 3 aromatic rings. The monoisotopic (exact) mass is 383 g/mol. The lowest BCUT2D eigenvalue weighted by Crippen LogP contribution is -2.12. The smallest absolute Gasteiger partial charge is 0.311 e. The van der Waals surface area contributed by atoms with Gasteiger partial charge in [0.25, 0.3) is 0 Å². The third-order valence-corrected chi connectivity index (χ3v) is 5.78. The zero-order valence-corrected chi connectivity index (χ0v) is 16.0. The van der Waals surface area contributed by atoms with Crippen molar-refractivity contribution in [2.45, 2.75) is 38.1 Å². The minimum atomic E-state index is -0.779. The Hall–Kier alpha value is -2.46. The molecular weight excluding hydrogens is 362 g/mol. The molecule has 0 saturated carbocycles. The summed E-state index contributed by atoms with van der Waals surface area (Å²) >= 11 is 6.62. The summed E-state index contributed by atoms with van der Waals surface area (Å²) in [7, 11) is 1.62.